The fourth-order valence-corrected chi connectivity index (χ4v) is 1.81. The zero-order valence-electron chi connectivity index (χ0n) is 6.47. The normalized spacial score (nSPS) is 13.2. The number of hydrogen-bond donors (Lipinski definition) is 0. The zero-order valence-corrected chi connectivity index (χ0v) is 7.28. The lowest BCUT2D eigenvalue weighted by Gasteiger charge is -2.07. The van der Waals surface area contributed by atoms with Crippen molar-refractivity contribution < 1.29 is 4.39 Å². The Kier molecular flexibility index (Phi) is 1.75. The molecule has 3 heteroatoms. The van der Waals surface area contributed by atoms with Crippen molar-refractivity contribution in [3.8, 4) is 0 Å². The van der Waals surface area contributed by atoms with Crippen LogP contribution in [0.15, 0.2) is 27.4 Å². The number of thioether (sulfide) groups is 1. The highest BCUT2D eigenvalue weighted by atomic mass is 32.2. The summed E-state index contributed by atoms with van der Waals surface area (Å²) in [5.41, 5.74) is 1.47. The van der Waals surface area contributed by atoms with Gasteiger partial charge >= 0.3 is 0 Å². The first kappa shape index (κ1) is 7.59. The van der Waals surface area contributed by atoms with Crippen molar-refractivity contribution in [3.05, 3.63) is 28.9 Å². The molecule has 12 heavy (non-hydrogen) atoms. The second-order valence-corrected chi connectivity index (χ2v) is 3.40. The number of aliphatic imine (C=N–C) groups is 1. The lowest BCUT2D eigenvalue weighted by atomic mass is 10.2. The van der Waals surface area contributed by atoms with E-state index in [1.165, 1.54) is 17.8 Å². The fourth-order valence-electron chi connectivity index (χ4n) is 1.08. The number of hydrogen-bond acceptors (Lipinski definition) is 2. The first-order chi connectivity index (χ1) is 5.79. The third-order valence-corrected chi connectivity index (χ3v) is 2.66. The van der Waals surface area contributed by atoms with Crippen LogP contribution in [-0.2, 0) is 0 Å². The molecule has 0 saturated carbocycles. The SMILES string of the molecule is Cc1ccc(F)c2c1SC=C=N2. The third-order valence-electron chi connectivity index (χ3n) is 1.68. The van der Waals surface area contributed by atoms with Gasteiger partial charge in [0.25, 0.3) is 0 Å². The van der Waals surface area contributed by atoms with E-state index in [2.05, 4.69) is 10.9 Å². The van der Waals surface area contributed by atoms with Gasteiger partial charge in [0.15, 0.2) is 5.82 Å². The lowest BCUT2D eigenvalue weighted by Crippen LogP contribution is -1.86. The molecular weight excluding hydrogens is 173 g/mol. The minimum atomic E-state index is -0.274. The van der Waals surface area contributed by atoms with Crippen molar-refractivity contribution in [2.24, 2.45) is 4.99 Å². The maximum absolute atomic E-state index is 13.1. The van der Waals surface area contributed by atoms with E-state index in [1.54, 1.807) is 11.5 Å². The average molecular weight is 179 g/mol. The summed E-state index contributed by atoms with van der Waals surface area (Å²) in [4.78, 5) is 4.75. The minimum Gasteiger partial charge on any atom is -0.205 e. The second-order valence-electron chi connectivity index (χ2n) is 2.52. The van der Waals surface area contributed by atoms with Crippen molar-refractivity contribution in [2.45, 2.75) is 11.8 Å². The molecule has 60 valence electrons. The minimum absolute atomic E-state index is 0.274. The van der Waals surface area contributed by atoms with E-state index >= 15 is 0 Å². The second kappa shape index (κ2) is 2.77. The van der Waals surface area contributed by atoms with Gasteiger partial charge in [-0.25, -0.2) is 9.38 Å². The van der Waals surface area contributed by atoms with Crippen LogP contribution in [0.25, 0.3) is 0 Å². The third kappa shape index (κ3) is 1.07. The summed E-state index contributed by atoms with van der Waals surface area (Å²) in [5.74, 6) is 2.36. The highest BCUT2D eigenvalue weighted by Crippen LogP contribution is 2.36. The summed E-state index contributed by atoms with van der Waals surface area (Å²) in [5, 5.41) is 1.73. The van der Waals surface area contributed by atoms with E-state index in [0.717, 1.165) is 10.5 Å². The monoisotopic (exact) mass is 179 g/mol. The predicted octanol–water partition coefficient (Wildman–Crippen LogP) is 3.05. The Morgan fingerprint density at radius 1 is 1.50 bits per heavy atom. The summed E-state index contributed by atoms with van der Waals surface area (Å²) in [6.07, 6.45) is 0. The van der Waals surface area contributed by atoms with Gasteiger partial charge in [0.2, 0.25) is 0 Å². The lowest BCUT2D eigenvalue weighted by molar-refractivity contribution is 0.626. The number of benzene rings is 1. The molecule has 0 radical (unpaired) electrons. The van der Waals surface area contributed by atoms with Gasteiger partial charge in [-0.2, -0.15) is 0 Å². The van der Waals surface area contributed by atoms with Crippen molar-refractivity contribution in [1.82, 2.24) is 0 Å². The van der Waals surface area contributed by atoms with E-state index < -0.39 is 0 Å². The summed E-state index contributed by atoms with van der Waals surface area (Å²) in [7, 11) is 0. The smallest absolute Gasteiger partial charge is 0.150 e. The quantitative estimate of drug-likeness (QED) is 0.596. The van der Waals surface area contributed by atoms with Crippen LogP contribution in [0.2, 0.25) is 0 Å². The van der Waals surface area contributed by atoms with Gasteiger partial charge in [0.05, 0.1) is 0 Å². The summed E-state index contributed by atoms with van der Waals surface area (Å²) in [6.45, 7) is 1.94. The zero-order chi connectivity index (χ0) is 8.55. The van der Waals surface area contributed by atoms with Crippen LogP contribution in [0.3, 0.4) is 0 Å². The van der Waals surface area contributed by atoms with Crippen LogP contribution in [0.5, 0.6) is 0 Å². The molecule has 1 aliphatic heterocycles. The standard InChI is InChI=1S/C9H6FNS/c1-6-2-3-7(10)8-9(6)12-5-4-11-8/h2-3,5H,1H3. The van der Waals surface area contributed by atoms with Crippen LogP contribution in [0.4, 0.5) is 10.1 Å². The Morgan fingerprint density at radius 3 is 3.08 bits per heavy atom. The van der Waals surface area contributed by atoms with Crippen molar-refractivity contribution in [2.75, 3.05) is 0 Å². The molecule has 0 saturated heterocycles. The molecule has 0 N–H and O–H groups in total. The Morgan fingerprint density at radius 2 is 2.33 bits per heavy atom. The number of rotatable bonds is 0. The first-order valence-corrected chi connectivity index (χ1v) is 4.41. The molecule has 0 fully saturated rings. The highest BCUT2D eigenvalue weighted by Gasteiger charge is 2.11. The number of halogens is 1. The molecule has 1 nitrogen and oxygen atoms in total. The summed E-state index contributed by atoms with van der Waals surface area (Å²) < 4.78 is 13.1. The van der Waals surface area contributed by atoms with Crippen molar-refractivity contribution in [3.63, 3.8) is 0 Å². The van der Waals surface area contributed by atoms with E-state index in [-0.39, 0.29) is 5.82 Å². The molecule has 0 aromatic heterocycles. The Labute approximate surface area is 74.0 Å². The van der Waals surface area contributed by atoms with Gasteiger partial charge in [-0.05, 0) is 24.4 Å². The van der Waals surface area contributed by atoms with Crippen molar-refractivity contribution >= 4 is 23.3 Å². The maximum atomic E-state index is 13.1. The van der Waals surface area contributed by atoms with E-state index in [9.17, 15) is 4.39 Å². The van der Waals surface area contributed by atoms with E-state index in [4.69, 9.17) is 0 Å². The van der Waals surface area contributed by atoms with Gasteiger partial charge < -0.3 is 0 Å². The largest absolute Gasteiger partial charge is 0.205 e. The Hall–Kier alpha value is -1.05. The topological polar surface area (TPSA) is 12.4 Å². The van der Waals surface area contributed by atoms with Gasteiger partial charge in [-0.3, -0.25) is 0 Å². The van der Waals surface area contributed by atoms with E-state index in [0.29, 0.717) is 5.69 Å². The average Bonchev–Trinajstić information content (AvgIpc) is 2.12. The summed E-state index contributed by atoms with van der Waals surface area (Å²) in [6, 6.07) is 3.20. The summed E-state index contributed by atoms with van der Waals surface area (Å²) >= 11 is 1.46. The molecule has 0 bridgehead atoms. The predicted molar refractivity (Wildman–Crippen MR) is 48.7 cm³/mol. The Bertz CT molecular complexity index is 392. The molecule has 0 amide bonds. The molecule has 1 heterocycles. The highest BCUT2D eigenvalue weighted by molar-refractivity contribution is 8.02. The molecule has 1 aromatic carbocycles. The molecule has 1 aromatic rings. The van der Waals surface area contributed by atoms with Gasteiger partial charge in [0.1, 0.15) is 5.69 Å². The van der Waals surface area contributed by atoms with Crippen molar-refractivity contribution in [1.29, 1.82) is 0 Å². The van der Waals surface area contributed by atoms with Crippen LogP contribution in [0.1, 0.15) is 5.56 Å². The van der Waals surface area contributed by atoms with Crippen LogP contribution in [0, 0.1) is 12.7 Å². The number of fused-ring (bicyclic) bond motifs is 1. The fraction of sp³-hybridized carbons (Fsp3) is 0.111. The number of nitrogens with zero attached hydrogens (tertiary/aromatic N) is 1. The number of aryl methyl sites for hydroxylation is 1. The molecule has 0 unspecified atom stereocenters. The van der Waals surface area contributed by atoms with Gasteiger partial charge in [-0.15, -0.1) is 0 Å². The molecule has 0 spiro atoms. The molecule has 1 aliphatic rings. The molecule has 2 rings (SSSR count). The van der Waals surface area contributed by atoms with Gasteiger partial charge in [0, 0.05) is 10.3 Å². The molecular formula is C9H6FNS. The van der Waals surface area contributed by atoms with Crippen LogP contribution in [-0.4, -0.2) is 5.87 Å². The van der Waals surface area contributed by atoms with Crippen LogP contribution < -0.4 is 0 Å². The first-order valence-electron chi connectivity index (χ1n) is 3.53. The Balaban J connectivity index is 2.73. The molecule has 0 aliphatic carbocycles. The van der Waals surface area contributed by atoms with Gasteiger partial charge in [-0.1, -0.05) is 17.8 Å². The van der Waals surface area contributed by atoms with Crippen LogP contribution >= 0.6 is 11.8 Å². The molecule has 0 atom stereocenters. The maximum Gasteiger partial charge on any atom is 0.150 e. The van der Waals surface area contributed by atoms with E-state index in [1.807, 2.05) is 6.92 Å².